The van der Waals surface area contributed by atoms with Gasteiger partial charge in [-0.1, -0.05) is 84.6 Å². The summed E-state index contributed by atoms with van der Waals surface area (Å²) in [5.41, 5.74) is 5.74. The molecule has 24 heteroatoms. The van der Waals surface area contributed by atoms with Crippen LogP contribution in [0.3, 0.4) is 0 Å². The normalized spacial score (nSPS) is 11.6. The van der Waals surface area contributed by atoms with Gasteiger partial charge in [-0.25, -0.2) is 0 Å². The number of benzene rings is 5. The van der Waals surface area contributed by atoms with Crippen LogP contribution in [0, 0.1) is 0 Å². The van der Waals surface area contributed by atoms with Crippen LogP contribution in [0.4, 0.5) is 56.3 Å². The van der Waals surface area contributed by atoms with Crippen LogP contribution in [0.2, 0.25) is 0 Å². The van der Waals surface area contributed by atoms with Gasteiger partial charge >= 0.3 is 0 Å². The Morgan fingerprint density at radius 1 is 0.597 bits per heavy atom. The Kier molecular flexibility index (Phi) is 16.7. The molecule has 0 fully saturated rings. The highest BCUT2D eigenvalue weighted by atomic mass is 32.2. The third-order valence-electron chi connectivity index (χ3n) is 10.9. The lowest BCUT2D eigenvalue weighted by Crippen LogP contribution is -2.22. The minimum absolute atomic E-state index is 0.186. The van der Waals surface area contributed by atoms with Crippen molar-refractivity contribution in [2.75, 3.05) is 60.8 Å². The maximum absolute atomic E-state index is 11.8. The van der Waals surface area contributed by atoms with Crippen molar-refractivity contribution in [1.29, 1.82) is 0 Å². The molecule has 0 bridgehead atoms. The van der Waals surface area contributed by atoms with Crippen LogP contribution in [0.15, 0.2) is 140 Å². The Morgan fingerprint density at radius 2 is 1.08 bits per heavy atom. The first-order valence-corrected chi connectivity index (χ1v) is 26.5. The van der Waals surface area contributed by atoms with Gasteiger partial charge in [0.05, 0.1) is 41.9 Å². The summed E-state index contributed by atoms with van der Waals surface area (Å²) >= 11 is 3.53. The van der Waals surface area contributed by atoms with E-state index in [1.807, 2.05) is 78.9 Å². The van der Waals surface area contributed by atoms with Crippen molar-refractivity contribution in [2.24, 2.45) is 20.5 Å². The van der Waals surface area contributed by atoms with E-state index < -0.39 is 10.1 Å². The number of azo groups is 2. The predicted octanol–water partition coefficient (Wildman–Crippen LogP) is 12.5. The number of ether oxygens (including phenoxy) is 2. The highest BCUT2D eigenvalue weighted by molar-refractivity contribution is 7.98. The quantitative estimate of drug-likeness (QED) is 0.0324. The van der Waals surface area contributed by atoms with E-state index in [0.717, 1.165) is 45.6 Å². The molecule has 3 aromatic heterocycles. The summed E-state index contributed by atoms with van der Waals surface area (Å²) in [5.74, 6) is 2.87. The molecule has 370 valence electrons. The Bertz CT molecular complexity index is 3300. The fourth-order valence-electron chi connectivity index (χ4n) is 7.25. The summed E-state index contributed by atoms with van der Waals surface area (Å²) in [4.78, 5) is 27.8. The molecule has 0 saturated heterocycles. The van der Waals surface area contributed by atoms with Crippen molar-refractivity contribution >= 4 is 101 Å². The topological polar surface area (TPSA) is 243 Å². The van der Waals surface area contributed by atoms with E-state index in [2.05, 4.69) is 87.3 Å². The van der Waals surface area contributed by atoms with Crippen molar-refractivity contribution in [3.05, 3.63) is 115 Å². The third kappa shape index (κ3) is 12.5. The lowest BCUT2D eigenvalue weighted by Gasteiger charge is -2.25. The second-order valence-electron chi connectivity index (χ2n) is 15.3. The average Bonchev–Trinajstić information content (AvgIpc) is 4.09. The fraction of sp³-hybridized carbons (Fsp3) is 0.229. The van der Waals surface area contributed by atoms with Gasteiger partial charge in [-0.15, -0.1) is 20.5 Å². The van der Waals surface area contributed by atoms with Gasteiger partial charge in [0.1, 0.15) is 22.9 Å². The molecular formula is C48H49N15O5S4. The Morgan fingerprint density at radius 3 is 1.57 bits per heavy atom. The molecule has 0 aliphatic rings. The number of nitrogens with zero attached hydrogens (tertiary/aromatic N) is 13. The van der Waals surface area contributed by atoms with Crippen molar-refractivity contribution in [2.45, 2.75) is 43.5 Å². The zero-order valence-corrected chi connectivity index (χ0v) is 43.2. The molecule has 0 saturated carbocycles. The zero-order chi connectivity index (χ0) is 50.6. The van der Waals surface area contributed by atoms with E-state index >= 15 is 0 Å². The summed E-state index contributed by atoms with van der Waals surface area (Å²) in [6.45, 7) is 11.0. The molecule has 0 aliphatic carbocycles. The lowest BCUT2D eigenvalue weighted by molar-refractivity contribution is 0.414. The second kappa shape index (κ2) is 23.6. The van der Waals surface area contributed by atoms with E-state index in [1.54, 1.807) is 26.4 Å². The van der Waals surface area contributed by atoms with Gasteiger partial charge in [0.25, 0.3) is 10.1 Å². The van der Waals surface area contributed by atoms with Gasteiger partial charge in [-0.3, -0.25) is 4.55 Å². The van der Waals surface area contributed by atoms with Gasteiger partial charge in [0.2, 0.25) is 22.2 Å². The maximum atomic E-state index is 11.8. The Balaban J connectivity index is 1.20. The first-order valence-electron chi connectivity index (χ1n) is 22.5. The van der Waals surface area contributed by atoms with E-state index in [9.17, 15) is 13.0 Å². The molecule has 8 aromatic rings. The van der Waals surface area contributed by atoms with Crippen molar-refractivity contribution < 1.29 is 22.4 Å². The highest BCUT2D eigenvalue weighted by Gasteiger charge is 2.21. The molecule has 0 atom stereocenters. The summed E-state index contributed by atoms with van der Waals surface area (Å²) in [6, 6.07) is 32.8. The molecule has 8 rings (SSSR count). The highest BCUT2D eigenvalue weighted by Crippen LogP contribution is 2.43. The van der Waals surface area contributed by atoms with Crippen LogP contribution in [0.25, 0.3) is 22.8 Å². The van der Waals surface area contributed by atoms with Crippen LogP contribution >= 0.6 is 34.8 Å². The molecule has 20 nitrogen and oxygen atoms in total. The van der Waals surface area contributed by atoms with E-state index in [0.29, 0.717) is 87.9 Å². The van der Waals surface area contributed by atoms with E-state index in [1.165, 1.54) is 30.0 Å². The summed E-state index contributed by atoms with van der Waals surface area (Å²) in [6.07, 6.45) is 0. The van der Waals surface area contributed by atoms with Crippen molar-refractivity contribution in [1.82, 2.24) is 33.7 Å². The summed E-state index contributed by atoms with van der Waals surface area (Å²) < 4.78 is 54.0. The van der Waals surface area contributed by atoms with Gasteiger partial charge in [0.15, 0.2) is 16.8 Å². The molecule has 0 spiro atoms. The summed E-state index contributed by atoms with van der Waals surface area (Å²) in [7, 11) is -1.24. The van der Waals surface area contributed by atoms with Crippen molar-refractivity contribution in [3.63, 3.8) is 0 Å². The number of aromatic nitrogens is 7. The molecule has 0 amide bonds. The Labute approximate surface area is 428 Å². The fourth-order valence-corrected chi connectivity index (χ4v) is 9.60. The van der Waals surface area contributed by atoms with Crippen LogP contribution in [0.1, 0.15) is 33.3 Å². The second-order valence-corrected chi connectivity index (χ2v) is 19.1. The smallest absolute Gasteiger partial charge is 0.294 e. The minimum atomic E-state index is -4.45. The van der Waals surface area contributed by atoms with Crippen LogP contribution in [0.5, 0.6) is 11.5 Å². The number of nitrogens with one attached hydrogen (secondary N) is 2. The molecule has 3 heterocycles. The number of anilines is 6. The molecule has 3 N–H and O–H groups in total. The minimum Gasteiger partial charge on any atom is -0.494 e. The van der Waals surface area contributed by atoms with Gasteiger partial charge < -0.3 is 29.9 Å². The van der Waals surface area contributed by atoms with Crippen molar-refractivity contribution in [3.8, 4) is 34.3 Å². The first-order chi connectivity index (χ1) is 35.0. The number of hydrogen-bond acceptors (Lipinski definition) is 22. The standard InChI is InChI=1S/C48H49N15O5S4/c1-7-62(8-2)38-25-34(36(27-40(38)67-5)56-58-47-51-42(60-70-47)31-20-15-12-16-21-31)49-44-53-45(55-46(54-44)69-29-30-18-13-11-14-19-30)50-35-26-39(63(9-3)10-4)41(68-6)28-37(35)57-59-48-52-43(61-71-48)32-22-17-23-33(24-32)72(64,65)66/h11-28H,7-10,29H2,1-6H3,(H,64,65,66)(H2,49,50,53,54,55)/b58-56+,59-57+. The van der Waals surface area contributed by atoms with E-state index in [4.69, 9.17) is 24.4 Å². The monoisotopic (exact) mass is 1040 g/mol. The third-order valence-corrected chi connectivity index (χ3v) is 13.8. The average molecular weight is 1040 g/mol. The van der Waals surface area contributed by atoms with Gasteiger partial charge in [-0.05, 0) is 57.5 Å². The maximum Gasteiger partial charge on any atom is 0.294 e. The number of rotatable bonds is 22. The number of hydrogen-bond donors (Lipinski definition) is 3. The zero-order valence-electron chi connectivity index (χ0n) is 40.0. The molecule has 5 aromatic carbocycles. The van der Waals surface area contributed by atoms with Crippen LogP contribution in [-0.4, -0.2) is 87.0 Å². The molecule has 72 heavy (non-hydrogen) atoms. The van der Waals surface area contributed by atoms with Crippen LogP contribution in [-0.2, 0) is 15.9 Å². The predicted molar refractivity (Wildman–Crippen MR) is 284 cm³/mol. The van der Waals surface area contributed by atoms with Gasteiger partial charge in [0, 0.05) is 78.3 Å². The van der Waals surface area contributed by atoms with E-state index in [-0.39, 0.29) is 27.7 Å². The largest absolute Gasteiger partial charge is 0.494 e. The molecule has 0 radical (unpaired) electrons. The Hall–Kier alpha value is -7.51. The lowest BCUT2D eigenvalue weighted by atomic mass is 10.2. The summed E-state index contributed by atoms with van der Waals surface area (Å²) in [5, 5.41) is 26.1. The molecule has 0 unspecified atom stereocenters. The van der Waals surface area contributed by atoms with Crippen LogP contribution < -0.4 is 29.9 Å². The number of methoxy groups -OCH3 is 2. The number of thioether (sulfide) groups is 1. The SMILES string of the molecule is CCN(CC)c1cc(Nc2nc(Nc3cc(N(CC)CC)c(OC)cc3/N=N/c3nc(-c4cccc(S(=O)(=O)O)c4)ns3)nc(SCc3ccccc3)n2)c(/N=N/c2nc(-c3ccccc3)ns2)cc1OC. The van der Waals surface area contributed by atoms with Gasteiger partial charge in [-0.2, -0.15) is 42.1 Å². The molecule has 0 aliphatic heterocycles. The molecular weight excluding hydrogens is 995 g/mol. The first kappa shape index (κ1) is 50.9.